The Hall–Kier alpha value is -1.10. The lowest BCUT2D eigenvalue weighted by molar-refractivity contribution is -0.162. The molecule has 0 radical (unpaired) electrons. The zero-order valence-corrected chi connectivity index (χ0v) is 9.12. The first-order chi connectivity index (χ1) is 7.09. The van der Waals surface area contributed by atoms with Gasteiger partial charge in [-0.3, -0.25) is 9.59 Å². The summed E-state index contributed by atoms with van der Waals surface area (Å²) in [6.45, 7) is 3.36. The summed E-state index contributed by atoms with van der Waals surface area (Å²) in [6, 6.07) is 0. The summed E-state index contributed by atoms with van der Waals surface area (Å²) < 4.78 is 10.5. The van der Waals surface area contributed by atoms with Gasteiger partial charge in [-0.15, -0.1) is 0 Å². The van der Waals surface area contributed by atoms with Crippen molar-refractivity contribution in [1.82, 2.24) is 5.32 Å². The standard InChI is InChI=1S/C10H17NO4/c1-7(12)11-10(15-8(2)13)9-5-3-4-6-14-9/h9-10H,3-6H2,1-2H3,(H,11,12). The molecule has 1 saturated heterocycles. The molecule has 1 rings (SSSR count). The molecule has 0 aromatic carbocycles. The van der Waals surface area contributed by atoms with Crippen molar-refractivity contribution in [3.63, 3.8) is 0 Å². The molecule has 2 atom stereocenters. The van der Waals surface area contributed by atoms with E-state index in [9.17, 15) is 9.59 Å². The minimum absolute atomic E-state index is 0.216. The number of amides is 1. The Balaban J connectivity index is 2.52. The molecule has 0 bridgehead atoms. The second-order valence-electron chi connectivity index (χ2n) is 3.64. The molecule has 15 heavy (non-hydrogen) atoms. The number of carbonyl (C=O) groups is 2. The van der Waals surface area contributed by atoms with Crippen molar-refractivity contribution < 1.29 is 19.1 Å². The van der Waals surface area contributed by atoms with Crippen LogP contribution in [0.25, 0.3) is 0 Å². The average molecular weight is 215 g/mol. The third-order valence-electron chi connectivity index (χ3n) is 2.19. The highest BCUT2D eigenvalue weighted by molar-refractivity contribution is 5.73. The van der Waals surface area contributed by atoms with Gasteiger partial charge < -0.3 is 14.8 Å². The topological polar surface area (TPSA) is 64.6 Å². The Labute approximate surface area is 89.1 Å². The van der Waals surface area contributed by atoms with Gasteiger partial charge >= 0.3 is 5.97 Å². The number of hydrogen-bond acceptors (Lipinski definition) is 4. The molecule has 1 fully saturated rings. The zero-order valence-electron chi connectivity index (χ0n) is 9.12. The van der Waals surface area contributed by atoms with Crippen LogP contribution in [0.15, 0.2) is 0 Å². The summed E-state index contributed by atoms with van der Waals surface area (Å²) in [4.78, 5) is 21.8. The molecule has 1 amide bonds. The molecule has 5 nitrogen and oxygen atoms in total. The number of esters is 1. The van der Waals surface area contributed by atoms with Gasteiger partial charge in [0.1, 0.15) is 6.10 Å². The van der Waals surface area contributed by atoms with Crippen LogP contribution in [0, 0.1) is 0 Å². The SMILES string of the molecule is CC(=O)NC(OC(C)=O)C1CCCCO1. The second kappa shape index (κ2) is 5.70. The smallest absolute Gasteiger partial charge is 0.304 e. The highest BCUT2D eigenvalue weighted by Crippen LogP contribution is 2.16. The summed E-state index contributed by atoms with van der Waals surface area (Å²) in [5.41, 5.74) is 0. The van der Waals surface area contributed by atoms with Crippen LogP contribution in [-0.2, 0) is 19.1 Å². The van der Waals surface area contributed by atoms with Gasteiger partial charge in [0.15, 0.2) is 0 Å². The van der Waals surface area contributed by atoms with Crippen molar-refractivity contribution in [1.29, 1.82) is 0 Å². The van der Waals surface area contributed by atoms with E-state index >= 15 is 0 Å². The summed E-state index contributed by atoms with van der Waals surface area (Å²) in [5, 5.41) is 2.57. The molecule has 0 spiro atoms. The molecule has 1 heterocycles. The zero-order chi connectivity index (χ0) is 11.3. The first-order valence-corrected chi connectivity index (χ1v) is 5.15. The van der Waals surface area contributed by atoms with Crippen LogP contribution < -0.4 is 5.32 Å². The molecule has 0 aromatic rings. The van der Waals surface area contributed by atoms with Crippen molar-refractivity contribution in [3.8, 4) is 0 Å². The maximum absolute atomic E-state index is 10.9. The Bertz CT molecular complexity index is 220. The summed E-state index contributed by atoms with van der Waals surface area (Å²) in [5.74, 6) is -0.640. The van der Waals surface area contributed by atoms with Crippen LogP contribution in [0.4, 0.5) is 0 Å². The fourth-order valence-corrected chi connectivity index (χ4v) is 1.58. The third-order valence-corrected chi connectivity index (χ3v) is 2.19. The van der Waals surface area contributed by atoms with Crippen molar-refractivity contribution in [3.05, 3.63) is 0 Å². The molecule has 0 saturated carbocycles. The van der Waals surface area contributed by atoms with E-state index in [1.165, 1.54) is 13.8 Å². The van der Waals surface area contributed by atoms with Crippen LogP contribution in [0.5, 0.6) is 0 Å². The number of ether oxygens (including phenoxy) is 2. The second-order valence-corrected chi connectivity index (χ2v) is 3.64. The van der Waals surface area contributed by atoms with E-state index in [-0.39, 0.29) is 12.0 Å². The molecular weight excluding hydrogens is 198 g/mol. The van der Waals surface area contributed by atoms with E-state index in [1.54, 1.807) is 0 Å². The first-order valence-electron chi connectivity index (χ1n) is 5.15. The molecule has 5 heteroatoms. The van der Waals surface area contributed by atoms with E-state index in [1.807, 2.05) is 0 Å². The normalized spacial score (nSPS) is 22.9. The Kier molecular flexibility index (Phi) is 4.55. The van der Waals surface area contributed by atoms with E-state index in [0.29, 0.717) is 6.61 Å². The molecule has 0 aromatic heterocycles. The lowest BCUT2D eigenvalue weighted by Crippen LogP contribution is -2.47. The summed E-state index contributed by atoms with van der Waals surface area (Å²) in [6.07, 6.45) is 1.98. The van der Waals surface area contributed by atoms with E-state index in [4.69, 9.17) is 9.47 Å². The lowest BCUT2D eigenvalue weighted by atomic mass is 10.1. The van der Waals surface area contributed by atoms with Gasteiger partial charge in [0.25, 0.3) is 0 Å². The predicted molar refractivity (Wildman–Crippen MR) is 53.0 cm³/mol. The number of nitrogens with one attached hydrogen (secondary N) is 1. The molecule has 1 aliphatic rings. The van der Waals surface area contributed by atoms with Crippen molar-refractivity contribution >= 4 is 11.9 Å². The van der Waals surface area contributed by atoms with Gasteiger partial charge in [-0.2, -0.15) is 0 Å². The average Bonchev–Trinajstić information content (AvgIpc) is 2.17. The lowest BCUT2D eigenvalue weighted by Gasteiger charge is -2.29. The predicted octanol–water partition coefficient (Wildman–Crippen LogP) is 0.581. The Morgan fingerprint density at radius 3 is 2.60 bits per heavy atom. The molecule has 86 valence electrons. The summed E-state index contributed by atoms with van der Waals surface area (Å²) >= 11 is 0. The molecule has 1 N–H and O–H groups in total. The minimum atomic E-state index is -0.653. The Morgan fingerprint density at radius 2 is 2.13 bits per heavy atom. The van der Waals surface area contributed by atoms with Gasteiger partial charge in [0, 0.05) is 20.5 Å². The number of rotatable bonds is 3. The van der Waals surface area contributed by atoms with Crippen molar-refractivity contribution in [2.45, 2.75) is 45.4 Å². The van der Waals surface area contributed by atoms with Gasteiger partial charge in [-0.05, 0) is 19.3 Å². The molecule has 0 aliphatic carbocycles. The van der Waals surface area contributed by atoms with E-state index in [2.05, 4.69) is 5.32 Å². The van der Waals surface area contributed by atoms with Crippen LogP contribution in [-0.4, -0.2) is 30.8 Å². The van der Waals surface area contributed by atoms with Gasteiger partial charge in [-0.25, -0.2) is 0 Å². The fraction of sp³-hybridized carbons (Fsp3) is 0.800. The minimum Gasteiger partial charge on any atom is -0.439 e. The van der Waals surface area contributed by atoms with E-state index in [0.717, 1.165) is 19.3 Å². The monoisotopic (exact) mass is 215 g/mol. The maximum Gasteiger partial charge on any atom is 0.304 e. The van der Waals surface area contributed by atoms with Crippen molar-refractivity contribution in [2.24, 2.45) is 0 Å². The van der Waals surface area contributed by atoms with Gasteiger partial charge in [0.2, 0.25) is 12.1 Å². The number of carbonyl (C=O) groups excluding carboxylic acids is 2. The van der Waals surface area contributed by atoms with Gasteiger partial charge in [0.05, 0.1) is 0 Å². The quantitative estimate of drug-likeness (QED) is 0.552. The molecular formula is C10H17NO4. The molecule has 1 aliphatic heterocycles. The molecule has 2 unspecified atom stereocenters. The highest BCUT2D eigenvalue weighted by atomic mass is 16.6. The highest BCUT2D eigenvalue weighted by Gasteiger charge is 2.27. The maximum atomic E-state index is 10.9. The van der Waals surface area contributed by atoms with Crippen LogP contribution >= 0.6 is 0 Å². The fourth-order valence-electron chi connectivity index (χ4n) is 1.58. The van der Waals surface area contributed by atoms with Crippen molar-refractivity contribution in [2.75, 3.05) is 6.61 Å². The summed E-state index contributed by atoms with van der Waals surface area (Å²) in [7, 11) is 0. The van der Waals surface area contributed by atoms with Crippen LogP contribution in [0.1, 0.15) is 33.1 Å². The Morgan fingerprint density at radius 1 is 1.40 bits per heavy atom. The van der Waals surface area contributed by atoms with E-state index < -0.39 is 12.2 Å². The largest absolute Gasteiger partial charge is 0.439 e. The van der Waals surface area contributed by atoms with Crippen LogP contribution in [0.2, 0.25) is 0 Å². The van der Waals surface area contributed by atoms with Gasteiger partial charge in [-0.1, -0.05) is 0 Å². The van der Waals surface area contributed by atoms with Crippen LogP contribution in [0.3, 0.4) is 0 Å². The first kappa shape index (κ1) is 12.0. The number of hydrogen-bond donors (Lipinski definition) is 1. The third kappa shape index (κ3) is 4.29.